The predicted molar refractivity (Wildman–Crippen MR) is 122 cm³/mol. The van der Waals surface area contributed by atoms with Gasteiger partial charge in [0.2, 0.25) is 0 Å². The Morgan fingerprint density at radius 1 is 1.28 bits per heavy atom. The molecular formula is C22H23ClN3NaO4S. The van der Waals surface area contributed by atoms with Gasteiger partial charge in [0.25, 0.3) is 0 Å². The van der Waals surface area contributed by atoms with Crippen LogP contribution in [0.2, 0.25) is 5.02 Å². The monoisotopic (exact) mass is 483 g/mol. The van der Waals surface area contributed by atoms with Gasteiger partial charge in [0.05, 0.1) is 33.3 Å². The Labute approximate surface area is 217 Å². The third-order valence-corrected chi connectivity index (χ3v) is 6.96. The number of ether oxygens (including phenoxy) is 1. The van der Waals surface area contributed by atoms with Crippen LogP contribution in [0.4, 0.5) is 5.82 Å². The van der Waals surface area contributed by atoms with Crippen molar-refractivity contribution in [3.8, 4) is 0 Å². The number of pyridine rings is 2. The van der Waals surface area contributed by atoms with Crippen molar-refractivity contribution in [2.24, 2.45) is 5.92 Å². The van der Waals surface area contributed by atoms with Gasteiger partial charge in [-0.05, 0) is 49.3 Å². The smallest absolute Gasteiger partial charge is 0.548 e. The second-order valence-corrected chi connectivity index (χ2v) is 8.96. The summed E-state index contributed by atoms with van der Waals surface area (Å²) in [5.41, 5.74) is 0.590. The van der Waals surface area contributed by atoms with Gasteiger partial charge in [-0.1, -0.05) is 11.6 Å². The minimum atomic E-state index is -1.26. The van der Waals surface area contributed by atoms with Gasteiger partial charge in [-0.3, -0.25) is 4.79 Å². The molecular weight excluding hydrogens is 461 g/mol. The van der Waals surface area contributed by atoms with Crippen molar-refractivity contribution in [2.45, 2.75) is 24.3 Å². The number of halogens is 1. The standard InChI is InChI=1S/C22H24ClN3O4S.Na/c1-25(11-13-7-9-30-10-8-13)17-6-4-15-20(29)14-3-5-16(23)21(31-2)19(14)26(12-18(27)28)22(15)24-17;/h3-6,13H,7-12H2,1-2H3,(H,27,28);/q;+1/p-1. The summed E-state index contributed by atoms with van der Waals surface area (Å²) in [7, 11) is 1.95. The van der Waals surface area contributed by atoms with Gasteiger partial charge in [-0.25, -0.2) is 4.98 Å². The van der Waals surface area contributed by atoms with Crippen LogP contribution in [0.1, 0.15) is 12.8 Å². The SMILES string of the molecule is CSc1c(Cl)ccc2c(=O)c3ccc(N(C)CC4CCOCC4)nc3n(CC(=O)[O-])c12.[Na+]. The van der Waals surface area contributed by atoms with E-state index in [1.807, 2.05) is 24.3 Å². The normalized spacial score (nSPS) is 14.5. The predicted octanol–water partition coefficient (Wildman–Crippen LogP) is -0.458. The number of rotatable bonds is 6. The van der Waals surface area contributed by atoms with Crippen molar-refractivity contribution in [2.75, 3.05) is 38.0 Å². The quantitative estimate of drug-likeness (QED) is 0.266. The van der Waals surface area contributed by atoms with Crippen LogP contribution in [0.5, 0.6) is 0 Å². The molecule has 32 heavy (non-hydrogen) atoms. The van der Waals surface area contributed by atoms with E-state index in [0.29, 0.717) is 43.6 Å². The molecule has 0 atom stereocenters. The molecule has 0 N–H and O–H groups in total. The maximum Gasteiger partial charge on any atom is 1.00 e. The van der Waals surface area contributed by atoms with Crippen molar-refractivity contribution in [3.05, 3.63) is 39.5 Å². The zero-order valence-electron chi connectivity index (χ0n) is 18.4. The molecule has 10 heteroatoms. The maximum atomic E-state index is 13.2. The number of hydrogen-bond acceptors (Lipinski definition) is 7. The molecule has 0 aliphatic carbocycles. The molecule has 3 aromatic rings. The van der Waals surface area contributed by atoms with Crippen LogP contribution in [0, 0.1) is 5.92 Å². The molecule has 4 rings (SSSR count). The number of anilines is 1. The number of carbonyl (C=O) groups is 1. The van der Waals surface area contributed by atoms with E-state index in [0.717, 1.165) is 32.6 Å². The van der Waals surface area contributed by atoms with Crippen LogP contribution in [0.3, 0.4) is 0 Å². The Bertz CT molecular complexity index is 1210. The number of benzene rings is 1. The van der Waals surface area contributed by atoms with Gasteiger partial charge < -0.3 is 24.1 Å². The summed E-state index contributed by atoms with van der Waals surface area (Å²) in [6.07, 6.45) is 3.82. The molecule has 0 spiro atoms. The van der Waals surface area contributed by atoms with Crippen LogP contribution in [0.25, 0.3) is 21.9 Å². The van der Waals surface area contributed by atoms with Crippen molar-refractivity contribution in [1.82, 2.24) is 9.55 Å². The number of aliphatic carboxylic acids is 1. The molecule has 1 aromatic carbocycles. The van der Waals surface area contributed by atoms with E-state index in [2.05, 4.69) is 0 Å². The minimum absolute atomic E-state index is 0. The summed E-state index contributed by atoms with van der Waals surface area (Å²) >= 11 is 7.73. The first-order valence-electron chi connectivity index (χ1n) is 10.1. The number of carboxylic acid groups (broad SMARTS) is 1. The summed E-state index contributed by atoms with van der Waals surface area (Å²) in [4.78, 5) is 32.2. The molecule has 0 unspecified atom stereocenters. The van der Waals surface area contributed by atoms with Crippen molar-refractivity contribution >= 4 is 57.1 Å². The van der Waals surface area contributed by atoms with Crippen LogP contribution >= 0.6 is 23.4 Å². The van der Waals surface area contributed by atoms with Crippen LogP contribution in [-0.2, 0) is 16.1 Å². The Hall–Kier alpha value is -1.29. The number of nitrogens with zero attached hydrogens (tertiary/aromatic N) is 3. The van der Waals surface area contributed by atoms with E-state index >= 15 is 0 Å². The molecule has 0 bridgehead atoms. The Kier molecular flexibility index (Phi) is 8.52. The van der Waals surface area contributed by atoms with E-state index < -0.39 is 12.5 Å². The van der Waals surface area contributed by atoms with Crippen LogP contribution < -0.4 is 45.0 Å². The van der Waals surface area contributed by atoms with E-state index in [1.54, 1.807) is 18.2 Å². The zero-order chi connectivity index (χ0) is 22.1. The van der Waals surface area contributed by atoms with E-state index in [4.69, 9.17) is 21.3 Å². The molecule has 7 nitrogen and oxygen atoms in total. The molecule has 1 fully saturated rings. The zero-order valence-corrected chi connectivity index (χ0v) is 22.0. The molecule has 1 saturated heterocycles. The first kappa shape index (κ1) is 25.3. The van der Waals surface area contributed by atoms with Crippen LogP contribution in [0.15, 0.2) is 34.0 Å². The van der Waals surface area contributed by atoms with Gasteiger partial charge in [0.1, 0.15) is 11.5 Å². The van der Waals surface area contributed by atoms with Gasteiger partial charge in [0.15, 0.2) is 5.43 Å². The van der Waals surface area contributed by atoms with E-state index in [9.17, 15) is 14.7 Å². The van der Waals surface area contributed by atoms with Crippen molar-refractivity contribution < 1.29 is 44.2 Å². The molecule has 164 valence electrons. The van der Waals surface area contributed by atoms with Gasteiger partial charge in [-0.2, -0.15) is 0 Å². The molecule has 0 amide bonds. The summed E-state index contributed by atoms with van der Waals surface area (Å²) in [6, 6.07) is 6.83. The maximum absolute atomic E-state index is 13.2. The molecule has 0 saturated carbocycles. The van der Waals surface area contributed by atoms with Crippen molar-refractivity contribution in [3.63, 3.8) is 0 Å². The fourth-order valence-corrected chi connectivity index (χ4v) is 5.23. The number of aromatic nitrogens is 2. The van der Waals surface area contributed by atoms with E-state index in [-0.39, 0.29) is 35.0 Å². The summed E-state index contributed by atoms with van der Waals surface area (Å²) < 4.78 is 6.97. The van der Waals surface area contributed by atoms with Crippen LogP contribution in [-0.4, -0.2) is 48.6 Å². The third-order valence-electron chi connectivity index (χ3n) is 5.71. The van der Waals surface area contributed by atoms with Gasteiger partial charge >= 0.3 is 29.6 Å². The fraction of sp³-hybridized carbons (Fsp3) is 0.409. The fourth-order valence-electron chi connectivity index (χ4n) is 4.17. The molecule has 0 radical (unpaired) electrons. The molecule has 1 aliphatic heterocycles. The average Bonchev–Trinajstić information content (AvgIpc) is 2.76. The number of hydrogen-bond donors (Lipinski definition) is 0. The second-order valence-electron chi connectivity index (χ2n) is 7.74. The summed E-state index contributed by atoms with van der Waals surface area (Å²) in [5, 5.41) is 12.8. The molecule has 2 aromatic heterocycles. The van der Waals surface area contributed by atoms with E-state index in [1.165, 1.54) is 16.3 Å². The first-order valence-corrected chi connectivity index (χ1v) is 11.7. The minimum Gasteiger partial charge on any atom is -0.548 e. The topological polar surface area (TPSA) is 87.5 Å². The molecule has 3 heterocycles. The first-order chi connectivity index (χ1) is 14.9. The average molecular weight is 484 g/mol. The Balaban J connectivity index is 0.00000289. The number of carboxylic acids is 1. The Morgan fingerprint density at radius 2 is 1.97 bits per heavy atom. The summed E-state index contributed by atoms with van der Waals surface area (Å²) in [6.45, 7) is 1.90. The number of thioether (sulfide) groups is 1. The largest absolute Gasteiger partial charge is 1.00 e. The number of carbonyl (C=O) groups excluding carboxylic acids is 1. The Morgan fingerprint density at radius 3 is 2.62 bits per heavy atom. The number of fused-ring (bicyclic) bond motifs is 2. The third kappa shape index (κ3) is 4.95. The summed E-state index contributed by atoms with van der Waals surface area (Å²) in [5.74, 6) is -0.0845. The van der Waals surface area contributed by atoms with Gasteiger partial charge in [0, 0.05) is 32.2 Å². The molecule has 1 aliphatic rings. The van der Waals surface area contributed by atoms with Gasteiger partial charge in [-0.15, -0.1) is 11.8 Å². The van der Waals surface area contributed by atoms with Crippen molar-refractivity contribution in [1.29, 1.82) is 0 Å². The second kappa shape index (κ2) is 10.8.